The van der Waals surface area contributed by atoms with Gasteiger partial charge < -0.3 is 18.6 Å². The van der Waals surface area contributed by atoms with Crippen LogP contribution in [0.5, 0.6) is 0 Å². The average Bonchev–Trinajstić information content (AvgIpc) is 1.48. The average molecular weight is 1430 g/mol. The lowest BCUT2D eigenvalue weighted by Gasteiger charge is -2.33. The lowest BCUT2D eigenvalue weighted by molar-refractivity contribution is 0.595. The summed E-state index contributed by atoms with van der Waals surface area (Å²) in [7, 11) is 0. The van der Waals surface area contributed by atoms with Crippen molar-refractivity contribution in [1.82, 2.24) is 0 Å². The largest absolute Gasteiger partial charge is 0.454 e. The SMILES string of the molecule is CC(C)(C)c1ccc(-c2ccc(N(c3ccccc3)c3cc4c(c5c3oc3ccccc35)-c3cc5c(cc3C43c4ccccc4-c4ccccc43)-c3c(cc(N(c4ccccc4)c4ccc(-c6ccc(C(C)(C)C)c7ccccc67)cc4)c4oc6ccccc6c34)C53c4ccccc4-c4ccccc43)cc2)c2ccccc12. The third-order valence-electron chi connectivity index (χ3n) is 25.3. The number of furan rings is 2. The second-order valence-electron chi connectivity index (χ2n) is 33.2. The summed E-state index contributed by atoms with van der Waals surface area (Å²) in [5.41, 5.74) is 34.7. The molecule has 0 radical (unpaired) electrons. The van der Waals surface area contributed by atoms with E-state index in [-0.39, 0.29) is 10.8 Å². The molecule has 19 aromatic rings. The summed E-state index contributed by atoms with van der Waals surface area (Å²) in [5.74, 6) is 0. The van der Waals surface area contributed by atoms with Crippen LogP contribution in [0.1, 0.15) is 97.2 Å². The smallest absolute Gasteiger partial charge is 0.160 e. The van der Waals surface area contributed by atoms with Crippen molar-refractivity contribution in [1.29, 1.82) is 0 Å². The molecule has 0 unspecified atom stereocenters. The highest BCUT2D eigenvalue weighted by Crippen LogP contribution is 2.71. The number of benzene rings is 17. The minimum absolute atomic E-state index is 0.0205. The zero-order valence-electron chi connectivity index (χ0n) is 63.2. The van der Waals surface area contributed by atoms with Crippen LogP contribution in [-0.4, -0.2) is 0 Å². The molecule has 0 saturated carbocycles. The summed E-state index contributed by atoms with van der Waals surface area (Å²) in [6, 6.07) is 133. The lowest BCUT2D eigenvalue weighted by atomic mass is 9.68. The van der Waals surface area contributed by atoms with E-state index in [0.29, 0.717) is 0 Å². The van der Waals surface area contributed by atoms with Gasteiger partial charge in [0.25, 0.3) is 0 Å². The van der Waals surface area contributed by atoms with E-state index in [1.54, 1.807) is 0 Å². The first-order chi connectivity index (χ1) is 54.8. The van der Waals surface area contributed by atoms with Crippen LogP contribution in [0.3, 0.4) is 0 Å². The number of rotatable bonds is 8. The molecule has 4 nitrogen and oxygen atoms in total. The predicted molar refractivity (Wildman–Crippen MR) is 466 cm³/mol. The Morgan fingerprint density at radius 2 is 0.536 bits per heavy atom. The highest BCUT2D eigenvalue weighted by molar-refractivity contribution is 6.24. The Labute approximate surface area is 651 Å². The lowest BCUT2D eigenvalue weighted by Crippen LogP contribution is -2.27. The molecule has 4 heteroatoms. The fourth-order valence-electron chi connectivity index (χ4n) is 20.8. The highest BCUT2D eigenvalue weighted by atomic mass is 16.3. The normalized spacial score (nSPS) is 13.8. The van der Waals surface area contributed by atoms with Crippen LogP contribution in [0.15, 0.2) is 361 Å². The van der Waals surface area contributed by atoms with E-state index in [1.807, 2.05) is 0 Å². The second-order valence-corrected chi connectivity index (χ2v) is 33.2. The minimum Gasteiger partial charge on any atom is -0.454 e. The topological polar surface area (TPSA) is 32.8 Å². The molecule has 0 aliphatic heterocycles. The van der Waals surface area contributed by atoms with Gasteiger partial charge in [-0.2, -0.15) is 0 Å². The van der Waals surface area contributed by atoms with Gasteiger partial charge in [-0.3, -0.25) is 0 Å². The predicted octanol–water partition coefficient (Wildman–Crippen LogP) is 29.3. The van der Waals surface area contributed by atoms with Crippen LogP contribution in [0.2, 0.25) is 0 Å². The molecule has 0 N–H and O–H groups in total. The molecule has 112 heavy (non-hydrogen) atoms. The van der Waals surface area contributed by atoms with E-state index >= 15 is 0 Å². The molecule has 0 saturated heterocycles. The summed E-state index contributed by atoms with van der Waals surface area (Å²) < 4.78 is 15.3. The van der Waals surface area contributed by atoms with Crippen molar-refractivity contribution < 1.29 is 8.83 Å². The Morgan fingerprint density at radius 1 is 0.232 bits per heavy atom. The maximum Gasteiger partial charge on any atom is 0.160 e. The van der Waals surface area contributed by atoms with Crippen molar-refractivity contribution in [3.05, 3.63) is 407 Å². The summed E-state index contributed by atoms with van der Waals surface area (Å²) in [5, 5.41) is 9.39. The quantitative estimate of drug-likeness (QED) is 0.152. The molecular formula is C108H76N2O2. The molecule has 2 aromatic heterocycles. The first-order valence-corrected chi connectivity index (χ1v) is 39.4. The molecule has 0 fully saturated rings. The van der Waals surface area contributed by atoms with Crippen molar-refractivity contribution in [2.75, 3.05) is 9.80 Å². The van der Waals surface area contributed by atoms with E-state index < -0.39 is 10.8 Å². The van der Waals surface area contributed by atoms with Crippen LogP contribution in [0, 0.1) is 0 Å². The van der Waals surface area contributed by atoms with Gasteiger partial charge in [-0.05, 0) is 240 Å². The highest BCUT2D eigenvalue weighted by Gasteiger charge is 2.58. The molecular weight excluding hydrogens is 1360 g/mol. The summed E-state index contributed by atoms with van der Waals surface area (Å²) in [4.78, 5) is 4.91. The molecule has 0 amide bonds. The van der Waals surface area contributed by atoms with Crippen LogP contribution >= 0.6 is 0 Å². The third kappa shape index (κ3) is 8.78. The number of para-hydroxylation sites is 4. The van der Waals surface area contributed by atoms with Gasteiger partial charge in [-0.15, -0.1) is 0 Å². The summed E-state index contributed by atoms with van der Waals surface area (Å²) in [6.45, 7) is 13.9. The number of anilines is 6. The first-order valence-electron chi connectivity index (χ1n) is 39.4. The van der Waals surface area contributed by atoms with E-state index in [2.05, 4.69) is 403 Å². The van der Waals surface area contributed by atoms with Crippen LogP contribution in [0.25, 0.3) is 132 Å². The van der Waals surface area contributed by atoms with Crippen LogP contribution in [0.4, 0.5) is 34.1 Å². The van der Waals surface area contributed by atoms with E-state index in [4.69, 9.17) is 8.83 Å². The van der Waals surface area contributed by atoms with Crippen LogP contribution < -0.4 is 9.80 Å². The van der Waals surface area contributed by atoms with Crippen molar-refractivity contribution in [3.8, 4) is 66.8 Å². The number of fused-ring (bicyclic) bond motifs is 30. The molecule has 0 atom stereocenters. The van der Waals surface area contributed by atoms with Gasteiger partial charge >= 0.3 is 0 Å². The number of hydrogen-bond acceptors (Lipinski definition) is 4. The first kappa shape index (κ1) is 64.5. The van der Waals surface area contributed by atoms with Crippen LogP contribution in [-0.2, 0) is 21.7 Å². The fraction of sp³-hybridized carbons (Fsp3) is 0.0926. The standard InChI is InChI=1S/C108H76N2O2/c1-105(2,3)85-59-57-71(73-33-13-15-35-75(73)85)65-49-53-69(54-50-65)109(67-29-9-7-10-30-67)95-63-93-99(101-81-41-21-27-47-97(81)111-103(95)101)83-61-92-84(62-91(83)107(93)87-43-23-17-37-77(87)78-38-18-24-44-88(78)107)100-94(108(92)89-45-25-19-39-79(89)80-40-20-26-46-90(80)108)64-96(104-102(100)82-42-22-28-48-98(82)112-104)110(68-31-11-8-12-32-68)70-55-51-66(52-56-70)72-58-60-86(106(4,5)6)76-36-16-14-34-74(72)76/h7-64H,1-6H3. The van der Waals surface area contributed by atoms with Gasteiger partial charge in [0.15, 0.2) is 11.2 Å². The Morgan fingerprint density at radius 3 is 0.893 bits per heavy atom. The Bertz CT molecular complexity index is 6680. The van der Waals surface area contributed by atoms with Gasteiger partial charge in [0, 0.05) is 44.3 Å². The number of nitrogens with zero attached hydrogens (tertiary/aromatic N) is 2. The van der Waals surface area contributed by atoms with Gasteiger partial charge in [-0.25, -0.2) is 0 Å². The van der Waals surface area contributed by atoms with Crippen molar-refractivity contribution in [2.45, 2.75) is 63.2 Å². The van der Waals surface area contributed by atoms with Gasteiger partial charge in [0.05, 0.1) is 22.2 Å². The Balaban J connectivity index is 0.812. The molecule has 0 bridgehead atoms. The zero-order chi connectivity index (χ0) is 74.7. The van der Waals surface area contributed by atoms with Gasteiger partial charge in [-0.1, -0.05) is 308 Å². The summed E-state index contributed by atoms with van der Waals surface area (Å²) in [6.07, 6.45) is 0. The molecule has 4 aliphatic rings. The van der Waals surface area contributed by atoms with Crippen molar-refractivity contribution in [3.63, 3.8) is 0 Å². The maximum atomic E-state index is 7.64. The van der Waals surface area contributed by atoms with Gasteiger partial charge in [0.1, 0.15) is 11.2 Å². The Kier molecular flexibility index (Phi) is 13.5. The minimum atomic E-state index is -0.837. The van der Waals surface area contributed by atoms with Crippen molar-refractivity contribution >= 4 is 99.5 Å². The maximum absolute atomic E-state index is 7.64. The molecule has 530 valence electrons. The second kappa shape index (κ2) is 23.5. The van der Waals surface area contributed by atoms with Crippen molar-refractivity contribution in [2.24, 2.45) is 0 Å². The Hall–Kier alpha value is -13.5. The molecule has 4 aliphatic carbocycles. The van der Waals surface area contributed by atoms with E-state index in [1.165, 1.54) is 133 Å². The fourth-order valence-corrected chi connectivity index (χ4v) is 20.8. The molecule has 2 spiro atoms. The third-order valence-corrected chi connectivity index (χ3v) is 25.3. The zero-order valence-corrected chi connectivity index (χ0v) is 63.2. The molecule has 17 aromatic carbocycles. The van der Waals surface area contributed by atoms with E-state index in [9.17, 15) is 0 Å². The van der Waals surface area contributed by atoms with Gasteiger partial charge in [0.2, 0.25) is 0 Å². The molecule has 23 rings (SSSR count). The number of hydrogen-bond donors (Lipinski definition) is 0. The van der Waals surface area contributed by atoms with E-state index in [0.717, 1.165) is 89.1 Å². The molecule has 2 heterocycles. The summed E-state index contributed by atoms with van der Waals surface area (Å²) >= 11 is 0. The monoisotopic (exact) mass is 1430 g/mol.